The SMILES string of the molecule is Cc1cc(C(=O)Nc2cccc(N3CCNC3=O)c2)c(C)n1Cc1ccccc1. The Morgan fingerprint density at radius 3 is 2.59 bits per heavy atom. The molecular formula is C23H24N4O2. The predicted molar refractivity (Wildman–Crippen MR) is 115 cm³/mol. The van der Waals surface area contributed by atoms with E-state index in [1.165, 1.54) is 5.56 Å². The van der Waals surface area contributed by atoms with E-state index in [2.05, 4.69) is 27.3 Å². The van der Waals surface area contributed by atoms with Crippen LogP contribution in [-0.4, -0.2) is 29.6 Å². The van der Waals surface area contributed by atoms with E-state index in [1.807, 2.05) is 62.4 Å². The van der Waals surface area contributed by atoms with E-state index in [0.29, 0.717) is 24.3 Å². The molecule has 2 heterocycles. The van der Waals surface area contributed by atoms with Crippen molar-refractivity contribution in [1.82, 2.24) is 9.88 Å². The second-order valence-corrected chi connectivity index (χ2v) is 7.24. The molecule has 0 atom stereocenters. The number of carbonyl (C=O) groups excluding carboxylic acids is 2. The molecule has 6 nitrogen and oxygen atoms in total. The van der Waals surface area contributed by atoms with Gasteiger partial charge in [0, 0.05) is 42.4 Å². The van der Waals surface area contributed by atoms with E-state index in [9.17, 15) is 9.59 Å². The summed E-state index contributed by atoms with van der Waals surface area (Å²) in [6, 6.07) is 19.4. The lowest BCUT2D eigenvalue weighted by Gasteiger charge is -2.15. The number of rotatable bonds is 5. The van der Waals surface area contributed by atoms with Crippen LogP contribution in [0, 0.1) is 13.8 Å². The number of aromatic nitrogens is 1. The average molecular weight is 388 g/mol. The summed E-state index contributed by atoms with van der Waals surface area (Å²) in [6.45, 7) is 5.96. The van der Waals surface area contributed by atoms with Gasteiger partial charge in [-0.2, -0.15) is 0 Å². The molecule has 0 radical (unpaired) electrons. The van der Waals surface area contributed by atoms with Crippen LogP contribution in [0.4, 0.5) is 16.2 Å². The van der Waals surface area contributed by atoms with E-state index < -0.39 is 0 Å². The van der Waals surface area contributed by atoms with Gasteiger partial charge in [-0.3, -0.25) is 9.69 Å². The highest BCUT2D eigenvalue weighted by Gasteiger charge is 2.22. The molecule has 1 fully saturated rings. The number of hydrogen-bond acceptors (Lipinski definition) is 2. The second kappa shape index (κ2) is 7.83. The maximum absolute atomic E-state index is 12.9. The number of benzene rings is 2. The minimum Gasteiger partial charge on any atom is -0.344 e. The monoisotopic (exact) mass is 388 g/mol. The summed E-state index contributed by atoms with van der Waals surface area (Å²) < 4.78 is 2.15. The summed E-state index contributed by atoms with van der Waals surface area (Å²) >= 11 is 0. The summed E-state index contributed by atoms with van der Waals surface area (Å²) in [7, 11) is 0. The van der Waals surface area contributed by atoms with Crippen LogP contribution < -0.4 is 15.5 Å². The third-order valence-corrected chi connectivity index (χ3v) is 5.27. The molecule has 148 valence electrons. The Balaban J connectivity index is 1.53. The summed E-state index contributed by atoms with van der Waals surface area (Å²) in [4.78, 5) is 26.5. The zero-order valence-corrected chi connectivity index (χ0v) is 16.6. The largest absolute Gasteiger partial charge is 0.344 e. The molecule has 6 heteroatoms. The Kier molecular flexibility index (Phi) is 5.08. The molecule has 1 aromatic heterocycles. The van der Waals surface area contributed by atoms with E-state index >= 15 is 0 Å². The van der Waals surface area contributed by atoms with Gasteiger partial charge in [0.25, 0.3) is 5.91 Å². The van der Waals surface area contributed by atoms with E-state index in [1.54, 1.807) is 4.90 Å². The van der Waals surface area contributed by atoms with Crippen molar-refractivity contribution in [3.63, 3.8) is 0 Å². The third kappa shape index (κ3) is 3.87. The molecule has 1 aliphatic heterocycles. The number of aryl methyl sites for hydroxylation is 1. The van der Waals surface area contributed by atoms with Crippen LogP contribution in [0.25, 0.3) is 0 Å². The Hall–Kier alpha value is -3.54. The van der Waals surface area contributed by atoms with Crippen molar-refractivity contribution >= 4 is 23.3 Å². The second-order valence-electron chi connectivity index (χ2n) is 7.24. The van der Waals surface area contributed by atoms with Crippen LogP contribution >= 0.6 is 0 Å². The first-order valence-electron chi connectivity index (χ1n) is 9.70. The Labute approximate surface area is 170 Å². The lowest BCUT2D eigenvalue weighted by molar-refractivity contribution is 0.102. The lowest BCUT2D eigenvalue weighted by atomic mass is 10.2. The van der Waals surface area contributed by atoms with Crippen molar-refractivity contribution in [2.24, 2.45) is 0 Å². The smallest absolute Gasteiger partial charge is 0.321 e. The molecular weight excluding hydrogens is 364 g/mol. The molecule has 2 N–H and O–H groups in total. The van der Waals surface area contributed by atoms with Gasteiger partial charge in [-0.1, -0.05) is 36.4 Å². The number of hydrogen-bond donors (Lipinski definition) is 2. The maximum Gasteiger partial charge on any atom is 0.321 e. The molecule has 0 unspecified atom stereocenters. The number of urea groups is 1. The lowest BCUT2D eigenvalue weighted by Crippen LogP contribution is -2.27. The van der Waals surface area contributed by atoms with Gasteiger partial charge in [-0.25, -0.2) is 4.79 Å². The van der Waals surface area contributed by atoms with Crippen LogP contribution in [0.3, 0.4) is 0 Å². The number of nitrogens with one attached hydrogen (secondary N) is 2. The zero-order valence-electron chi connectivity index (χ0n) is 16.6. The molecule has 0 saturated carbocycles. The fourth-order valence-corrected chi connectivity index (χ4v) is 3.71. The number of carbonyl (C=O) groups is 2. The van der Waals surface area contributed by atoms with Crippen LogP contribution in [-0.2, 0) is 6.54 Å². The minimum atomic E-state index is -0.152. The van der Waals surface area contributed by atoms with Gasteiger partial charge in [0.1, 0.15) is 0 Å². The molecule has 2 aromatic carbocycles. The van der Waals surface area contributed by atoms with Crippen LogP contribution in [0.5, 0.6) is 0 Å². The first kappa shape index (κ1) is 18.8. The Morgan fingerprint density at radius 1 is 1.07 bits per heavy atom. The topological polar surface area (TPSA) is 66.4 Å². The molecule has 1 aliphatic rings. The fraction of sp³-hybridized carbons (Fsp3) is 0.217. The normalized spacial score (nSPS) is 13.4. The standard InChI is InChI=1S/C23H24N4O2/c1-16-13-21(17(2)27(16)15-18-7-4-3-5-8-18)22(28)25-19-9-6-10-20(14-19)26-12-11-24-23(26)29/h3-10,13-14H,11-12,15H2,1-2H3,(H,24,29)(H,25,28). The van der Waals surface area contributed by atoms with Gasteiger partial charge in [0.15, 0.2) is 0 Å². The molecule has 0 aliphatic carbocycles. The number of amides is 3. The molecule has 29 heavy (non-hydrogen) atoms. The molecule has 4 rings (SSSR count). The predicted octanol–water partition coefficient (Wildman–Crippen LogP) is 3.94. The first-order valence-corrected chi connectivity index (χ1v) is 9.70. The molecule has 0 bridgehead atoms. The third-order valence-electron chi connectivity index (χ3n) is 5.27. The molecule has 3 aromatic rings. The summed E-state index contributed by atoms with van der Waals surface area (Å²) in [6.07, 6.45) is 0. The molecule has 1 saturated heterocycles. The van der Waals surface area contributed by atoms with E-state index in [-0.39, 0.29) is 11.9 Å². The first-order chi connectivity index (χ1) is 14.0. The van der Waals surface area contributed by atoms with E-state index in [0.717, 1.165) is 23.6 Å². The summed E-state index contributed by atoms with van der Waals surface area (Å²) in [5.74, 6) is -0.152. The highest BCUT2D eigenvalue weighted by Crippen LogP contribution is 2.23. The van der Waals surface area contributed by atoms with Crippen molar-refractivity contribution in [2.45, 2.75) is 20.4 Å². The van der Waals surface area contributed by atoms with Gasteiger partial charge >= 0.3 is 6.03 Å². The quantitative estimate of drug-likeness (QED) is 0.695. The van der Waals surface area contributed by atoms with Crippen molar-refractivity contribution in [3.05, 3.63) is 83.2 Å². The van der Waals surface area contributed by atoms with Crippen molar-refractivity contribution < 1.29 is 9.59 Å². The Bertz CT molecular complexity index is 1060. The van der Waals surface area contributed by atoms with Gasteiger partial charge in [-0.05, 0) is 43.7 Å². The molecule has 3 amide bonds. The number of nitrogens with zero attached hydrogens (tertiary/aromatic N) is 2. The average Bonchev–Trinajstić information content (AvgIpc) is 3.27. The highest BCUT2D eigenvalue weighted by molar-refractivity contribution is 6.05. The van der Waals surface area contributed by atoms with Gasteiger partial charge in [-0.15, -0.1) is 0 Å². The van der Waals surface area contributed by atoms with Crippen molar-refractivity contribution in [3.8, 4) is 0 Å². The van der Waals surface area contributed by atoms with Gasteiger partial charge in [0.2, 0.25) is 0 Å². The van der Waals surface area contributed by atoms with Gasteiger partial charge < -0.3 is 15.2 Å². The number of anilines is 2. The minimum absolute atomic E-state index is 0.113. The highest BCUT2D eigenvalue weighted by atomic mass is 16.2. The molecule has 0 spiro atoms. The van der Waals surface area contributed by atoms with E-state index in [4.69, 9.17) is 0 Å². The van der Waals surface area contributed by atoms with Crippen molar-refractivity contribution in [2.75, 3.05) is 23.3 Å². The van der Waals surface area contributed by atoms with Crippen LogP contribution in [0.15, 0.2) is 60.7 Å². The van der Waals surface area contributed by atoms with Crippen LogP contribution in [0.2, 0.25) is 0 Å². The summed E-state index contributed by atoms with van der Waals surface area (Å²) in [5.41, 5.74) is 5.26. The van der Waals surface area contributed by atoms with Crippen molar-refractivity contribution in [1.29, 1.82) is 0 Å². The van der Waals surface area contributed by atoms with Gasteiger partial charge in [0.05, 0.1) is 5.56 Å². The maximum atomic E-state index is 12.9. The zero-order chi connectivity index (χ0) is 20.4. The Morgan fingerprint density at radius 2 is 1.86 bits per heavy atom. The summed E-state index contributed by atoms with van der Waals surface area (Å²) in [5, 5.41) is 5.76. The van der Waals surface area contributed by atoms with Crippen LogP contribution in [0.1, 0.15) is 27.3 Å². The fourth-order valence-electron chi connectivity index (χ4n) is 3.71.